The van der Waals surface area contributed by atoms with E-state index in [1.54, 1.807) is 6.20 Å². The lowest BCUT2D eigenvalue weighted by molar-refractivity contribution is 0.402. The van der Waals surface area contributed by atoms with Crippen LogP contribution >= 0.6 is 0 Å². The summed E-state index contributed by atoms with van der Waals surface area (Å²) < 4.78 is 1.87. The molecule has 1 aromatic heterocycles. The molecule has 2 N–H and O–H groups in total. The maximum atomic E-state index is 4.73. The highest BCUT2D eigenvalue weighted by molar-refractivity contribution is 5.79. The first kappa shape index (κ1) is 21.6. The summed E-state index contributed by atoms with van der Waals surface area (Å²) in [5.74, 6) is 0.850. The van der Waals surface area contributed by atoms with E-state index in [1.807, 2.05) is 16.9 Å². The van der Waals surface area contributed by atoms with Crippen LogP contribution in [-0.4, -0.2) is 47.8 Å². The van der Waals surface area contributed by atoms with Gasteiger partial charge in [0.15, 0.2) is 5.96 Å². The van der Waals surface area contributed by atoms with Gasteiger partial charge in [0.1, 0.15) is 0 Å². The van der Waals surface area contributed by atoms with Crippen LogP contribution in [0.5, 0.6) is 0 Å². The first-order chi connectivity index (χ1) is 14.6. The lowest BCUT2D eigenvalue weighted by Gasteiger charge is -2.12. The van der Waals surface area contributed by atoms with Crippen LogP contribution in [0.2, 0.25) is 0 Å². The molecule has 0 aliphatic heterocycles. The van der Waals surface area contributed by atoms with Gasteiger partial charge in [-0.3, -0.25) is 0 Å². The molecule has 0 radical (unpaired) electrons. The molecular formula is C24H32N6. The molecule has 0 amide bonds. The number of hydrogen-bond acceptors (Lipinski definition) is 3. The molecule has 0 aliphatic carbocycles. The van der Waals surface area contributed by atoms with Gasteiger partial charge in [-0.1, -0.05) is 36.4 Å². The fourth-order valence-electron chi connectivity index (χ4n) is 3.19. The van der Waals surface area contributed by atoms with Gasteiger partial charge in [-0.2, -0.15) is 5.10 Å². The van der Waals surface area contributed by atoms with E-state index in [1.165, 1.54) is 16.7 Å². The molecule has 0 saturated carbocycles. The summed E-state index contributed by atoms with van der Waals surface area (Å²) in [5.41, 5.74) is 4.88. The van der Waals surface area contributed by atoms with Crippen LogP contribution in [0.4, 0.5) is 0 Å². The lowest BCUT2D eigenvalue weighted by Crippen LogP contribution is -2.38. The summed E-state index contributed by atoms with van der Waals surface area (Å²) in [6.07, 6.45) is 4.67. The van der Waals surface area contributed by atoms with Crippen molar-refractivity contribution in [2.45, 2.75) is 26.4 Å². The van der Waals surface area contributed by atoms with Gasteiger partial charge in [0.2, 0.25) is 0 Å². The van der Waals surface area contributed by atoms with E-state index in [4.69, 9.17) is 4.99 Å². The van der Waals surface area contributed by atoms with Crippen molar-refractivity contribution in [1.29, 1.82) is 0 Å². The number of rotatable bonds is 9. The van der Waals surface area contributed by atoms with Crippen molar-refractivity contribution in [3.8, 4) is 5.69 Å². The summed E-state index contributed by atoms with van der Waals surface area (Å²) in [6, 6.07) is 19.1. The molecule has 3 aromatic rings. The van der Waals surface area contributed by atoms with Crippen molar-refractivity contribution < 1.29 is 0 Å². The number of guanidine groups is 1. The highest BCUT2D eigenvalue weighted by Gasteiger charge is 2.01. The molecule has 30 heavy (non-hydrogen) atoms. The van der Waals surface area contributed by atoms with Crippen LogP contribution in [0.3, 0.4) is 0 Å². The van der Waals surface area contributed by atoms with E-state index in [-0.39, 0.29) is 0 Å². The molecule has 0 atom stereocenters. The van der Waals surface area contributed by atoms with Crippen molar-refractivity contribution in [2.24, 2.45) is 4.99 Å². The minimum Gasteiger partial charge on any atom is -0.357 e. The molecule has 0 saturated heterocycles. The zero-order valence-electron chi connectivity index (χ0n) is 18.2. The Morgan fingerprint density at radius 2 is 1.67 bits per heavy atom. The highest BCUT2D eigenvalue weighted by Crippen LogP contribution is 2.09. The monoisotopic (exact) mass is 404 g/mol. The second-order valence-electron chi connectivity index (χ2n) is 7.54. The summed E-state index contributed by atoms with van der Waals surface area (Å²) in [7, 11) is 4.17. The molecule has 0 spiro atoms. The lowest BCUT2D eigenvalue weighted by atomic mass is 10.1. The van der Waals surface area contributed by atoms with Crippen LogP contribution < -0.4 is 10.6 Å². The van der Waals surface area contributed by atoms with Crippen LogP contribution in [-0.2, 0) is 19.5 Å². The summed E-state index contributed by atoms with van der Waals surface area (Å²) in [6.45, 7) is 5.37. The fraction of sp³-hybridized carbons (Fsp3) is 0.333. The number of nitrogens with one attached hydrogen (secondary N) is 2. The molecule has 6 nitrogen and oxygen atoms in total. The zero-order chi connectivity index (χ0) is 21.2. The van der Waals surface area contributed by atoms with Crippen LogP contribution in [0.25, 0.3) is 5.69 Å². The molecule has 0 fully saturated rings. The van der Waals surface area contributed by atoms with Gasteiger partial charge in [0.05, 0.1) is 12.2 Å². The second-order valence-corrected chi connectivity index (χ2v) is 7.54. The fourth-order valence-corrected chi connectivity index (χ4v) is 3.19. The minimum atomic E-state index is 0.663. The van der Waals surface area contributed by atoms with E-state index >= 15 is 0 Å². The largest absolute Gasteiger partial charge is 0.357 e. The van der Waals surface area contributed by atoms with Crippen molar-refractivity contribution in [3.63, 3.8) is 0 Å². The smallest absolute Gasteiger partial charge is 0.191 e. The van der Waals surface area contributed by atoms with Crippen molar-refractivity contribution in [3.05, 3.63) is 83.7 Å². The minimum absolute atomic E-state index is 0.663. The Balaban J connectivity index is 1.50. The van der Waals surface area contributed by atoms with Gasteiger partial charge >= 0.3 is 0 Å². The third-order valence-corrected chi connectivity index (χ3v) is 4.70. The van der Waals surface area contributed by atoms with Crippen molar-refractivity contribution >= 4 is 5.96 Å². The molecule has 0 unspecified atom stereocenters. The summed E-state index contributed by atoms with van der Waals surface area (Å²) in [5, 5.41) is 11.0. The molecular weight excluding hydrogens is 372 g/mol. The predicted octanol–water partition coefficient (Wildman–Crippen LogP) is 3.23. The van der Waals surface area contributed by atoms with E-state index in [0.29, 0.717) is 6.54 Å². The summed E-state index contributed by atoms with van der Waals surface area (Å²) in [4.78, 5) is 6.90. The second kappa shape index (κ2) is 11.2. The van der Waals surface area contributed by atoms with Crippen LogP contribution in [0, 0.1) is 0 Å². The van der Waals surface area contributed by atoms with Crippen molar-refractivity contribution in [1.82, 2.24) is 25.3 Å². The van der Waals surface area contributed by atoms with Gasteiger partial charge in [-0.25, -0.2) is 9.67 Å². The van der Waals surface area contributed by atoms with Gasteiger partial charge in [0.25, 0.3) is 0 Å². The van der Waals surface area contributed by atoms with Crippen molar-refractivity contribution in [2.75, 3.05) is 27.2 Å². The van der Waals surface area contributed by atoms with E-state index in [9.17, 15) is 0 Å². The Bertz CT molecular complexity index is 896. The first-order valence-electron chi connectivity index (χ1n) is 10.5. The Hall–Kier alpha value is -3.12. The quantitative estimate of drug-likeness (QED) is 0.425. The molecule has 2 aromatic carbocycles. The number of aliphatic imine (C=N–C) groups is 1. The molecule has 6 heteroatoms. The SMILES string of the molecule is CCNC(=NCc1ccc(CN(C)C)cc1)NCCc1ccc(-n2cccn2)cc1. The maximum Gasteiger partial charge on any atom is 0.191 e. The Kier molecular flexibility index (Phi) is 8.03. The van der Waals surface area contributed by atoms with E-state index in [0.717, 1.165) is 37.7 Å². The number of benzene rings is 2. The van der Waals surface area contributed by atoms with E-state index < -0.39 is 0 Å². The molecule has 1 heterocycles. The van der Waals surface area contributed by atoms with Gasteiger partial charge in [-0.05, 0) is 62.3 Å². The molecule has 158 valence electrons. The Labute approximate surface area is 179 Å². The van der Waals surface area contributed by atoms with Gasteiger partial charge < -0.3 is 15.5 Å². The summed E-state index contributed by atoms with van der Waals surface area (Å²) >= 11 is 0. The average molecular weight is 405 g/mol. The standard InChI is InChI=1S/C24H32N6/c1-4-25-24(27-18-21-6-8-22(9-7-21)19-29(2)3)26-16-14-20-10-12-23(13-11-20)30-17-5-15-28-30/h5-13,15,17H,4,14,16,18-19H2,1-3H3,(H2,25,26,27). The number of hydrogen-bond donors (Lipinski definition) is 2. The van der Waals surface area contributed by atoms with Gasteiger partial charge in [-0.15, -0.1) is 0 Å². The van der Waals surface area contributed by atoms with Crippen LogP contribution in [0.15, 0.2) is 72.0 Å². The van der Waals surface area contributed by atoms with Crippen LogP contribution in [0.1, 0.15) is 23.6 Å². The average Bonchev–Trinajstić information content (AvgIpc) is 3.28. The van der Waals surface area contributed by atoms with Gasteiger partial charge in [0, 0.05) is 32.0 Å². The number of aromatic nitrogens is 2. The number of nitrogens with zero attached hydrogens (tertiary/aromatic N) is 4. The topological polar surface area (TPSA) is 57.5 Å². The third-order valence-electron chi connectivity index (χ3n) is 4.70. The predicted molar refractivity (Wildman–Crippen MR) is 124 cm³/mol. The zero-order valence-corrected chi connectivity index (χ0v) is 18.2. The third kappa shape index (κ3) is 6.74. The molecule has 0 aliphatic rings. The normalized spacial score (nSPS) is 11.7. The Morgan fingerprint density at radius 3 is 2.30 bits per heavy atom. The maximum absolute atomic E-state index is 4.73. The van der Waals surface area contributed by atoms with E-state index in [2.05, 4.69) is 90.2 Å². The Morgan fingerprint density at radius 1 is 0.967 bits per heavy atom. The molecule has 0 bridgehead atoms. The first-order valence-corrected chi connectivity index (χ1v) is 10.5. The molecule has 3 rings (SSSR count). The highest BCUT2D eigenvalue weighted by atomic mass is 15.3.